The Kier molecular flexibility index (Phi) is 4.60. The molecule has 0 N–H and O–H groups in total. The molecule has 2 nitrogen and oxygen atoms in total. The van der Waals surface area contributed by atoms with Gasteiger partial charge >= 0.3 is 0 Å². The van der Waals surface area contributed by atoms with Gasteiger partial charge in [-0.3, -0.25) is 0 Å². The van der Waals surface area contributed by atoms with Crippen LogP contribution in [0.5, 0.6) is 0 Å². The van der Waals surface area contributed by atoms with Crippen molar-refractivity contribution in [1.82, 2.24) is 0 Å². The van der Waals surface area contributed by atoms with Crippen molar-refractivity contribution in [1.29, 1.82) is 0 Å². The highest BCUT2D eigenvalue weighted by atomic mass is 32.2. The first-order chi connectivity index (χ1) is 11.0. The Morgan fingerprint density at radius 1 is 1.00 bits per heavy atom. The number of nitrogens with zero attached hydrogens (tertiary/aromatic N) is 1. The molecule has 0 fully saturated rings. The van der Waals surface area contributed by atoms with Crippen molar-refractivity contribution in [3.8, 4) is 0 Å². The first-order valence-corrected chi connectivity index (χ1v) is 9.21. The molecule has 2 aromatic carbocycles. The molecular formula is C20H23NOS. The van der Waals surface area contributed by atoms with E-state index in [-0.39, 0.29) is 4.75 Å². The van der Waals surface area contributed by atoms with Gasteiger partial charge in [-0.25, -0.2) is 0 Å². The van der Waals surface area contributed by atoms with Crippen LogP contribution in [0.4, 0.5) is 0 Å². The van der Waals surface area contributed by atoms with Crippen LogP contribution in [0.3, 0.4) is 0 Å². The van der Waals surface area contributed by atoms with Crippen molar-refractivity contribution < 1.29 is 4.55 Å². The maximum absolute atomic E-state index is 12.4. The zero-order chi connectivity index (χ0) is 16.4. The Hall–Kier alpha value is -1.58. The van der Waals surface area contributed by atoms with Crippen molar-refractivity contribution in [2.24, 2.45) is 4.40 Å². The molecule has 3 rings (SSSR count). The highest BCUT2D eigenvalue weighted by Crippen LogP contribution is 2.37. The predicted octanol–water partition coefficient (Wildman–Crippen LogP) is 4.86. The van der Waals surface area contributed by atoms with Crippen LogP contribution in [0.1, 0.15) is 56.2 Å². The quantitative estimate of drug-likeness (QED) is 0.726. The third kappa shape index (κ3) is 3.51. The minimum atomic E-state index is -1.21. The van der Waals surface area contributed by atoms with Gasteiger partial charge < -0.3 is 4.55 Å². The van der Waals surface area contributed by atoms with Crippen LogP contribution in [0.2, 0.25) is 0 Å². The van der Waals surface area contributed by atoms with Gasteiger partial charge in [0, 0.05) is 11.5 Å². The fraction of sp³-hybridized carbons (Fsp3) is 0.350. The molecule has 0 amide bonds. The van der Waals surface area contributed by atoms with Crippen molar-refractivity contribution in [2.45, 2.75) is 44.3 Å². The SMILES string of the molecule is CC(C)(C)[S+]([O-])N=C1CCC(c2ccccc2)c2ccccc21. The molecule has 23 heavy (non-hydrogen) atoms. The summed E-state index contributed by atoms with van der Waals surface area (Å²) in [6.45, 7) is 5.90. The molecule has 2 unspecified atom stereocenters. The average Bonchev–Trinajstić information content (AvgIpc) is 2.55. The second-order valence-electron chi connectivity index (χ2n) is 6.99. The Bertz CT molecular complexity index is 703. The molecule has 1 aliphatic rings. The zero-order valence-electron chi connectivity index (χ0n) is 14.0. The summed E-state index contributed by atoms with van der Waals surface area (Å²) in [6, 6.07) is 19.0. The Morgan fingerprint density at radius 2 is 1.65 bits per heavy atom. The Balaban J connectivity index is 2.00. The van der Waals surface area contributed by atoms with Gasteiger partial charge in [0.25, 0.3) is 0 Å². The molecule has 0 heterocycles. The van der Waals surface area contributed by atoms with Crippen molar-refractivity contribution >= 4 is 17.1 Å². The van der Waals surface area contributed by atoms with Gasteiger partial charge in [0.2, 0.25) is 0 Å². The predicted molar refractivity (Wildman–Crippen MR) is 98.4 cm³/mol. The lowest BCUT2D eigenvalue weighted by molar-refractivity contribution is 0.561. The number of fused-ring (bicyclic) bond motifs is 1. The molecule has 0 saturated heterocycles. The number of rotatable bonds is 2. The van der Waals surface area contributed by atoms with Gasteiger partial charge in [-0.05, 0) is 44.7 Å². The lowest BCUT2D eigenvalue weighted by Crippen LogP contribution is -2.28. The molecule has 0 spiro atoms. The number of hydrogen-bond acceptors (Lipinski definition) is 2. The van der Waals surface area contributed by atoms with Gasteiger partial charge in [-0.15, -0.1) is 0 Å². The van der Waals surface area contributed by atoms with Crippen LogP contribution >= 0.6 is 0 Å². The Morgan fingerprint density at radius 3 is 2.35 bits per heavy atom. The van der Waals surface area contributed by atoms with E-state index >= 15 is 0 Å². The van der Waals surface area contributed by atoms with Crippen LogP contribution in [0, 0.1) is 0 Å². The highest BCUT2D eigenvalue weighted by molar-refractivity contribution is 7.91. The van der Waals surface area contributed by atoms with E-state index in [0.717, 1.165) is 24.1 Å². The smallest absolute Gasteiger partial charge is 0.144 e. The number of benzene rings is 2. The van der Waals surface area contributed by atoms with Crippen molar-refractivity contribution in [2.75, 3.05) is 0 Å². The van der Waals surface area contributed by atoms with Gasteiger partial charge in [-0.2, -0.15) is 0 Å². The van der Waals surface area contributed by atoms with E-state index in [1.807, 2.05) is 26.8 Å². The lowest BCUT2D eigenvalue weighted by Gasteiger charge is -2.27. The maximum Gasteiger partial charge on any atom is 0.144 e. The zero-order valence-corrected chi connectivity index (χ0v) is 14.8. The summed E-state index contributed by atoms with van der Waals surface area (Å²) in [4.78, 5) is 0. The van der Waals surface area contributed by atoms with E-state index in [2.05, 4.69) is 52.9 Å². The summed E-state index contributed by atoms with van der Waals surface area (Å²) in [7, 11) is 0. The molecular weight excluding hydrogens is 302 g/mol. The van der Waals surface area contributed by atoms with Gasteiger partial charge in [0.1, 0.15) is 16.1 Å². The summed E-state index contributed by atoms with van der Waals surface area (Å²) >= 11 is -1.21. The van der Waals surface area contributed by atoms with E-state index in [9.17, 15) is 4.55 Å². The normalized spacial score (nSPS) is 21.0. The molecule has 0 saturated carbocycles. The van der Waals surface area contributed by atoms with Crippen molar-refractivity contribution in [3.63, 3.8) is 0 Å². The molecule has 2 aromatic rings. The molecule has 120 valence electrons. The topological polar surface area (TPSA) is 35.4 Å². The molecule has 1 aliphatic carbocycles. The third-order valence-corrected chi connectivity index (χ3v) is 5.67. The van der Waals surface area contributed by atoms with Crippen LogP contribution in [-0.4, -0.2) is 15.0 Å². The van der Waals surface area contributed by atoms with Crippen LogP contribution in [-0.2, 0) is 11.4 Å². The third-order valence-electron chi connectivity index (χ3n) is 4.24. The van der Waals surface area contributed by atoms with E-state index in [4.69, 9.17) is 0 Å². The van der Waals surface area contributed by atoms with E-state index in [1.165, 1.54) is 11.1 Å². The standard InChI is InChI=1S/C20H23NOS/c1-20(2,3)23(22)21-19-14-13-16(15-9-5-4-6-10-15)17-11-7-8-12-18(17)19/h4-12,16H,13-14H2,1-3H3. The summed E-state index contributed by atoms with van der Waals surface area (Å²) in [5.74, 6) is 0.398. The van der Waals surface area contributed by atoms with Crippen molar-refractivity contribution in [3.05, 3.63) is 71.3 Å². The van der Waals surface area contributed by atoms with Crippen LogP contribution in [0.15, 0.2) is 59.0 Å². The second-order valence-corrected chi connectivity index (χ2v) is 8.89. The average molecular weight is 325 g/mol. The van der Waals surface area contributed by atoms with Gasteiger partial charge in [-0.1, -0.05) is 59.0 Å². The maximum atomic E-state index is 12.4. The molecule has 2 atom stereocenters. The number of hydrogen-bond donors (Lipinski definition) is 0. The summed E-state index contributed by atoms with van der Waals surface area (Å²) in [5.41, 5.74) is 4.79. The fourth-order valence-corrected chi connectivity index (χ4v) is 3.66. The van der Waals surface area contributed by atoms with Gasteiger partial charge in [0.15, 0.2) is 0 Å². The highest BCUT2D eigenvalue weighted by Gasteiger charge is 2.31. The molecule has 0 aliphatic heterocycles. The molecule has 0 aromatic heterocycles. The van der Waals surface area contributed by atoms with E-state index < -0.39 is 11.4 Å². The molecule has 3 heteroatoms. The lowest BCUT2D eigenvalue weighted by atomic mass is 9.78. The first kappa shape index (κ1) is 16.3. The summed E-state index contributed by atoms with van der Waals surface area (Å²) in [5, 5.41) is 0. The monoisotopic (exact) mass is 325 g/mol. The molecule has 0 radical (unpaired) electrons. The van der Waals surface area contributed by atoms with Gasteiger partial charge in [0.05, 0.1) is 5.71 Å². The minimum Gasteiger partial charge on any atom is -0.591 e. The van der Waals surface area contributed by atoms with Crippen LogP contribution in [0.25, 0.3) is 0 Å². The second kappa shape index (κ2) is 6.50. The molecule has 0 bridgehead atoms. The van der Waals surface area contributed by atoms with Crippen LogP contribution < -0.4 is 0 Å². The first-order valence-electron chi connectivity index (χ1n) is 8.10. The minimum absolute atomic E-state index is 0.321. The largest absolute Gasteiger partial charge is 0.591 e. The van der Waals surface area contributed by atoms with E-state index in [0.29, 0.717) is 5.92 Å². The summed E-state index contributed by atoms with van der Waals surface area (Å²) < 4.78 is 16.7. The fourth-order valence-electron chi connectivity index (χ4n) is 3.00. The Labute approximate surface area is 142 Å². The summed E-state index contributed by atoms with van der Waals surface area (Å²) in [6.07, 6.45) is 1.89. The van der Waals surface area contributed by atoms with E-state index in [1.54, 1.807) is 0 Å².